The molecule has 1 N–H and O–H groups in total. The fraction of sp³-hybridized carbons (Fsp3) is 0.500. The molecule has 3 amide bonds. The highest BCUT2D eigenvalue weighted by Gasteiger charge is 2.48. The van der Waals surface area contributed by atoms with Crippen LogP contribution in [0.3, 0.4) is 0 Å². The number of aryl methyl sites for hydroxylation is 1. The number of amides is 3. The van der Waals surface area contributed by atoms with Crippen molar-refractivity contribution in [1.29, 1.82) is 0 Å². The van der Waals surface area contributed by atoms with Crippen molar-refractivity contribution in [2.75, 3.05) is 19.0 Å². The van der Waals surface area contributed by atoms with Gasteiger partial charge in [-0.2, -0.15) is 0 Å². The zero-order valence-electron chi connectivity index (χ0n) is 14.0. The van der Waals surface area contributed by atoms with Crippen LogP contribution < -0.4 is 10.1 Å². The molecule has 1 saturated heterocycles. The Labute approximate surface area is 141 Å². The number of nitrogens with zero attached hydrogens (tertiary/aromatic N) is 1. The van der Waals surface area contributed by atoms with Crippen molar-refractivity contribution >= 4 is 23.4 Å². The van der Waals surface area contributed by atoms with Gasteiger partial charge < -0.3 is 10.1 Å². The molecule has 0 spiro atoms. The van der Waals surface area contributed by atoms with Crippen molar-refractivity contribution in [3.63, 3.8) is 0 Å². The first kappa shape index (κ1) is 16.5. The van der Waals surface area contributed by atoms with E-state index < -0.39 is 0 Å². The maximum atomic E-state index is 12.4. The van der Waals surface area contributed by atoms with Crippen LogP contribution in [-0.2, 0) is 14.4 Å². The first-order valence-corrected chi connectivity index (χ1v) is 8.31. The molecular formula is C18H22N2O4. The van der Waals surface area contributed by atoms with Crippen LogP contribution in [0, 0.1) is 18.8 Å². The van der Waals surface area contributed by atoms with Gasteiger partial charge in [0.1, 0.15) is 12.3 Å². The van der Waals surface area contributed by atoms with Gasteiger partial charge in [-0.05, 0) is 37.5 Å². The molecule has 0 radical (unpaired) electrons. The summed E-state index contributed by atoms with van der Waals surface area (Å²) in [7, 11) is 1.53. The van der Waals surface area contributed by atoms with E-state index in [0.717, 1.165) is 36.1 Å². The first-order chi connectivity index (χ1) is 11.5. The van der Waals surface area contributed by atoms with Gasteiger partial charge in [-0.1, -0.05) is 18.9 Å². The Balaban J connectivity index is 1.70. The SMILES string of the molecule is COc1ccc(C)cc1NC(=O)CN1C(=O)[C@H]2CCCC[C@@H]2C1=O. The fourth-order valence-electron chi connectivity index (χ4n) is 3.64. The van der Waals surface area contributed by atoms with Crippen molar-refractivity contribution in [2.45, 2.75) is 32.6 Å². The topological polar surface area (TPSA) is 75.7 Å². The summed E-state index contributed by atoms with van der Waals surface area (Å²) >= 11 is 0. The number of imide groups is 1. The van der Waals surface area contributed by atoms with E-state index in [9.17, 15) is 14.4 Å². The summed E-state index contributed by atoms with van der Waals surface area (Å²) in [6.45, 7) is 1.68. The van der Waals surface area contributed by atoms with Crippen molar-refractivity contribution in [1.82, 2.24) is 4.90 Å². The number of nitrogens with one attached hydrogen (secondary N) is 1. The minimum atomic E-state index is -0.390. The third-order valence-electron chi connectivity index (χ3n) is 4.86. The smallest absolute Gasteiger partial charge is 0.244 e. The Hall–Kier alpha value is -2.37. The molecule has 0 unspecified atom stereocenters. The van der Waals surface area contributed by atoms with E-state index in [1.807, 2.05) is 13.0 Å². The monoisotopic (exact) mass is 330 g/mol. The van der Waals surface area contributed by atoms with E-state index in [2.05, 4.69) is 5.32 Å². The van der Waals surface area contributed by atoms with Gasteiger partial charge in [0.15, 0.2) is 0 Å². The summed E-state index contributed by atoms with van der Waals surface area (Å²) in [6.07, 6.45) is 3.44. The van der Waals surface area contributed by atoms with E-state index in [-0.39, 0.29) is 36.1 Å². The van der Waals surface area contributed by atoms with Gasteiger partial charge in [-0.15, -0.1) is 0 Å². The van der Waals surface area contributed by atoms with Crippen molar-refractivity contribution in [3.8, 4) is 5.75 Å². The van der Waals surface area contributed by atoms with Gasteiger partial charge >= 0.3 is 0 Å². The average Bonchev–Trinajstić information content (AvgIpc) is 2.80. The first-order valence-electron chi connectivity index (χ1n) is 8.31. The molecule has 1 aliphatic heterocycles. The van der Waals surface area contributed by atoms with Crippen LogP contribution in [0.4, 0.5) is 5.69 Å². The number of rotatable bonds is 4. The molecule has 2 fully saturated rings. The molecule has 1 saturated carbocycles. The number of hydrogen-bond donors (Lipinski definition) is 1. The maximum absolute atomic E-state index is 12.4. The zero-order valence-corrected chi connectivity index (χ0v) is 14.0. The van der Waals surface area contributed by atoms with Crippen molar-refractivity contribution < 1.29 is 19.1 Å². The standard InChI is InChI=1S/C18H22N2O4/c1-11-7-8-15(24-2)14(9-11)19-16(21)10-20-17(22)12-5-3-4-6-13(12)18(20)23/h7-9,12-13H,3-6,10H2,1-2H3,(H,19,21)/t12-,13-/m0/s1. The number of carbonyl (C=O) groups is 3. The minimum Gasteiger partial charge on any atom is -0.495 e. The number of hydrogen-bond acceptors (Lipinski definition) is 4. The number of carbonyl (C=O) groups excluding carboxylic acids is 3. The fourth-order valence-corrected chi connectivity index (χ4v) is 3.64. The van der Waals surface area contributed by atoms with Gasteiger partial charge in [-0.25, -0.2) is 0 Å². The summed E-state index contributed by atoms with van der Waals surface area (Å²) in [4.78, 5) is 38.3. The average molecular weight is 330 g/mol. The lowest BCUT2D eigenvalue weighted by molar-refractivity contribution is -0.142. The Bertz CT molecular complexity index is 662. The number of benzene rings is 1. The van der Waals surface area contributed by atoms with E-state index >= 15 is 0 Å². The Kier molecular flexibility index (Phi) is 4.55. The predicted octanol–water partition coefficient (Wildman–Crippen LogP) is 2.12. The second kappa shape index (κ2) is 6.63. The van der Waals surface area contributed by atoms with Gasteiger partial charge in [0, 0.05) is 0 Å². The molecule has 1 heterocycles. The quantitative estimate of drug-likeness (QED) is 0.858. The van der Waals surface area contributed by atoms with Gasteiger partial charge in [0.2, 0.25) is 17.7 Å². The zero-order chi connectivity index (χ0) is 17.3. The molecule has 2 aliphatic rings. The second-order valence-electron chi connectivity index (χ2n) is 6.51. The molecule has 6 nitrogen and oxygen atoms in total. The Morgan fingerprint density at radius 3 is 2.42 bits per heavy atom. The predicted molar refractivity (Wildman–Crippen MR) is 88.5 cm³/mol. The second-order valence-corrected chi connectivity index (χ2v) is 6.51. The summed E-state index contributed by atoms with van der Waals surface area (Å²) in [5, 5.41) is 2.74. The summed E-state index contributed by atoms with van der Waals surface area (Å²) in [6, 6.07) is 5.45. The molecule has 0 aromatic heterocycles. The summed E-state index contributed by atoms with van der Waals surface area (Å²) in [5.41, 5.74) is 1.52. The normalized spacial score (nSPS) is 23.2. The molecule has 6 heteroatoms. The van der Waals surface area contributed by atoms with Crippen LogP contribution in [0.1, 0.15) is 31.2 Å². The molecule has 0 bridgehead atoms. The maximum Gasteiger partial charge on any atom is 0.244 e. The molecular weight excluding hydrogens is 308 g/mol. The van der Waals surface area contributed by atoms with Crippen LogP contribution in [0.25, 0.3) is 0 Å². The molecule has 1 aromatic rings. The largest absolute Gasteiger partial charge is 0.495 e. The highest BCUT2D eigenvalue weighted by molar-refractivity contribution is 6.08. The van der Waals surface area contributed by atoms with Crippen molar-refractivity contribution in [2.24, 2.45) is 11.8 Å². The highest BCUT2D eigenvalue weighted by atomic mass is 16.5. The number of fused-ring (bicyclic) bond motifs is 1. The van der Waals surface area contributed by atoms with Crippen LogP contribution in [0.15, 0.2) is 18.2 Å². The molecule has 2 atom stereocenters. The third-order valence-corrected chi connectivity index (χ3v) is 4.86. The lowest BCUT2D eigenvalue weighted by Gasteiger charge is -2.19. The van der Waals surface area contributed by atoms with E-state index in [0.29, 0.717) is 11.4 Å². The lowest BCUT2D eigenvalue weighted by atomic mass is 9.81. The molecule has 24 heavy (non-hydrogen) atoms. The van der Waals surface area contributed by atoms with Gasteiger partial charge in [0.05, 0.1) is 24.6 Å². The van der Waals surface area contributed by atoms with E-state index in [1.165, 1.54) is 7.11 Å². The number of likely N-dealkylation sites (tertiary alicyclic amines) is 1. The molecule has 128 valence electrons. The third kappa shape index (κ3) is 3.00. The van der Waals surface area contributed by atoms with Crippen LogP contribution in [-0.4, -0.2) is 36.3 Å². The minimum absolute atomic E-state index is 0.198. The van der Waals surface area contributed by atoms with Crippen molar-refractivity contribution in [3.05, 3.63) is 23.8 Å². The van der Waals surface area contributed by atoms with E-state index in [4.69, 9.17) is 4.74 Å². The summed E-state index contributed by atoms with van der Waals surface area (Å²) < 4.78 is 5.23. The number of ether oxygens (including phenoxy) is 1. The van der Waals surface area contributed by atoms with Crippen LogP contribution in [0.5, 0.6) is 5.75 Å². The molecule has 1 aliphatic carbocycles. The Morgan fingerprint density at radius 2 is 1.83 bits per heavy atom. The van der Waals surface area contributed by atoms with Gasteiger partial charge in [-0.3, -0.25) is 19.3 Å². The lowest BCUT2D eigenvalue weighted by Crippen LogP contribution is -2.38. The molecule has 3 rings (SSSR count). The molecule has 1 aromatic carbocycles. The Morgan fingerprint density at radius 1 is 1.21 bits per heavy atom. The van der Waals surface area contributed by atoms with Crippen LogP contribution in [0.2, 0.25) is 0 Å². The highest BCUT2D eigenvalue weighted by Crippen LogP contribution is 2.37. The number of anilines is 1. The van der Waals surface area contributed by atoms with Gasteiger partial charge in [0.25, 0.3) is 0 Å². The number of methoxy groups -OCH3 is 1. The van der Waals surface area contributed by atoms with Crippen LogP contribution >= 0.6 is 0 Å². The van der Waals surface area contributed by atoms with E-state index in [1.54, 1.807) is 12.1 Å². The summed E-state index contributed by atoms with van der Waals surface area (Å²) in [5.74, 6) is -0.701.